The summed E-state index contributed by atoms with van der Waals surface area (Å²) in [5, 5.41) is 0. The van der Waals surface area contributed by atoms with Gasteiger partial charge in [-0.15, -0.1) is 24.0 Å². The maximum Gasteiger partial charge on any atom is 0.0379 e. The van der Waals surface area contributed by atoms with Gasteiger partial charge in [0.25, 0.3) is 0 Å². The Bertz CT molecular complexity index is 77.7. The van der Waals surface area contributed by atoms with Crippen LogP contribution in [-0.2, 0) is 0 Å². The van der Waals surface area contributed by atoms with Crippen LogP contribution in [-0.4, -0.2) is 29.9 Å². The van der Waals surface area contributed by atoms with Gasteiger partial charge in [0.05, 0.1) is 0 Å². The lowest BCUT2D eigenvalue weighted by atomic mass is 10.2. The molecule has 0 aromatic heterocycles. The predicted octanol–water partition coefficient (Wildman–Crippen LogP) is 2.13. The summed E-state index contributed by atoms with van der Waals surface area (Å²) in [4.78, 5) is 2.45. The Hall–Kier alpha value is 0.540. The second-order valence-electron chi connectivity index (χ2n) is 2.58. The Kier molecular flexibility index (Phi) is 5.51. The van der Waals surface area contributed by atoms with E-state index in [1.807, 2.05) is 0 Å². The Morgan fingerprint density at radius 3 is 2.70 bits per heavy atom. The van der Waals surface area contributed by atoms with Crippen molar-refractivity contribution in [2.75, 3.05) is 19.0 Å². The molecule has 0 amide bonds. The van der Waals surface area contributed by atoms with Crippen LogP contribution >= 0.6 is 24.0 Å². The quantitative estimate of drug-likeness (QED) is 0.594. The summed E-state index contributed by atoms with van der Waals surface area (Å²) >= 11 is 5.74. The van der Waals surface area contributed by atoms with Gasteiger partial charge in [0.1, 0.15) is 0 Å². The third kappa shape index (κ3) is 2.30. The average Bonchev–Trinajstić information content (AvgIpc) is 2.33. The zero-order chi connectivity index (χ0) is 6.69. The molecule has 1 nitrogen and oxygen atoms in total. The summed E-state index contributed by atoms with van der Waals surface area (Å²) in [5.74, 6) is 0.813. The number of rotatable bonds is 2. The third-order valence-corrected chi connectivity index (χ3v) is 2.44. The minimum Gasteiger partial charge on any atom is -0.299 e. The molecule has 0 aromatic rings. The summed E-state index contributed by atoms with van der Waals surface area (Å²) < 4.78 is 0. The van der Waals surface area contributed by atoms with Crippen molar-refractivity contribution < 1.29 is 0 Å². The third-order valence-electron chi connectivity index (χ3n) is 2.08. The van der Waals surface area contributed by atoms with E-state index in [2.05, 4.69) is 11.8 Å². The molecule has 1 atom stereocenters. The van der Waals surface area contributed by atoms with Gasteiger partial charge in [-0.1, -0.05) is 6.92 Å². The molecule has 1 heterocycles. The van der Waals surface area contributed by atoms with E-state index in [1.54, 1.807) is 0 Å². The summed E-state index contributed by atoms with van der Waals surface area (Å²) in [6.07, 6.45) is 2.64. The Morgan fingerprint density at radius 1 is 1.60 bits per heavy atom. The van der Waals surface area contributed by atoms with E-state index in [1.165, 1.54) is 19.4 Å². The molecule has 1 saturated heterocycles. The number of hydrogen-bond acceptors (Lipinski definition) is 1. The molecule has 0 N–H and O–H groups in total. The normalized spacial score (nSPS) is 26.4. The van der Waals surface area contributed by atoms with E-state index >= 15 is 0 Å². The summed E-state index contributed by atoms with van der Waals surface area (Å²) in [6, 6.07) is 0.677. The molecule has 0 aliphatic carbocycles. The van der Waals surface area contributed by atoms with E-state index in [9.17, 15) is 0 Å². The Balaban J connectivity index is 0.000000810. The van der Waals surface area contributed by atoms with Crippen molar-refractivity contribution in [2.45, 2.75) is 25.8 Å². The van der Waals surface area contributed by atoms with Gasteiger partial charge in [-0.2, -0.15) is 0 Å². The minimum absolute atomic E-state index is 0. The summed E-state index contributed by atoms with van der Waals surface area (Å²) in [6.45, 7) is 4.62. The number of alkyl halides is 1. The van der Waals surface area contributed by atoms with Crippen LogP contribution in [0.2, 0.25) is 0 Å². The van der Waals surface area contributed by atoms with Crippen LogP contribution in [0.5, 0.6) is 0 Å². The van der Waals surface area contributed by atoms with Crippen molar-refractivity contribution in [3.05, 3.63) is 0 Å². The average molecular weight is 184 g/mol. The first-order valence-corrected chi connectivity index (χ1v) is 4.22. The molecule has 1 rings (SSSR count). The molecular formula is C7H15Cl2N. The van der Waals surface area contributed by atoms with E-state index in [0.29, 0.717) is 6.04 Å². The molecule has 0 spiro atoms. The van der Waals surface area contributed by atoms with Gasteiger partial charge in [0.15, 0.2) is 0 Å². The predicted molar refractivity (Wildman–Crippen MR) is 48.2 cm³/mol. The summed E-state index contributed by atoms with van der Waals surface area (Å²) in [5.41, 5.74) is 0. The smallest absolute Gasteiger partial charge is 0.0379 e. The molecule has 0 saturated carbocycles. The fraction of sp³-hybridized carbons (Fsp3) is 1.00. The highest BCUT2D eigenvalue weighted by atomic mass is 35.5. The van der Waals surface area contributed by atoms with Crippen LogP contribution in [0.25, 0.3) is 0 Å². The van der Waals surface area contributed by atoms with Crippen LogP contribution in [0.3, 0.4) is 0 Å². The topological polar surface area (TPSA) is 3.24 Å². The van der Waals surface area contributed by atoms with E-state index in [-0.39, 0.29) is 12.4 Å². The second-order valence-corrected chi connectivity index (χ2v) is 2.89. The first-order chi connectivity index (χ1) is 4.38. The van der Waals surface area contributed by atoms with Gasteiger partial charge < -0.3 is 0 Å². The van der Waals surface area contributed by atoms with E-state index < -0.39 is 0 Å². The molecule has 3 heteroatoms. The molecule has 62 valence electrons. The first-order valence-electron chi connectivity index (χ1n) is 3.68. The lowest BCUT2D eigenvalue weighted by molar-refractivity contribution is 0.286. The maximum atomic E-state index is 5.74. The molecule has 0 aromatic carbocycles. The van der Waals surface area contributed by atoms with Crippen molar-refractivity contribution in [2.24, 2.45) is 0 Å². The van der Waals surface area contributed by atoms with Crippen molar-refractivity contribution in [3.8, 4) is 0 Å². The van der Waals surface area contributed by atoms with Crippen molar-refractivity contribution in [3.63, 3.8) is 0 Å². The van der Waals surface area contributed by atoms with Gasteiger partial charge >= 0.3 is 0 Å². The fourth-order valence-electron chi connectivity index (χ4n) is 1.49. The zero-order valence-corrected chi connectivity index (χ0v) is 7.92. The largest absolute Gasteiger partial charge is 0.299 e. The lowest BCUT2D eigenvalue weighted by Gasteiger charge is -2.19. The summed E-state index contributed by atoms with van der Waals surface area (Å²) in [7, 11) is 0. The highest BCUT2D eigenvalue weighted by Gasteiger charge is 2.20. The van der Waals surface area contributed by atoms with Gasteiger partial charge in [0, 0.05) is 11.9 Å². The number of nitrogens with zero attached hydrogens (tertiary/aromatic N) is 1. The monoisotopic (exact) mass is 183 g/mol. The van der Waals surface area contributed by atoms with E-state index in [4.69, 9.17) is 11.6 Å². The second kappa shape index (κ2) is 5.22. The fourth-order valence-corrected chi connectivity index (χ4v) is 1.84. The van der Waals surface area contributed by atoms with Crippen LogP contribution in [0.4, 0.5) is 0 Å². The van der Waals surface area contributed by atoms with Gasteiger partial charge in [-0.05, 0) is 25.9 Å². The van der Waals surface area contributed by atoms with Crippen molar-refractivity contribution >= 4 is 24.0 Å². The molecule has 1 fully saturated rings. The minimum atomic E-state index is 0. The van der Waals surface area contributed by atoms with E-state index in [0.717, 1.165) is 12.4 Å². The Labute approximate surface area is 74.1 Å². The standard InChI is InChI=1S/C7H14ClN.ClH/c1-2-9-5-3-4-7(9)6-8;/h7H,2-6H2,1H3;1H. The van der Waals surface area contributed by atoms with Gasteiger partial charge in [0.2, 0.25) is 0 Å². The Morgan fingerprint density at radius 2 is 2.30 bits per heavy atom. The zero-order valence-electron chi connectivity index (χ0n) is 6.35. The molecule has 10 heavy (non-hydrogen) atoms. The molecule has 1 aliphatic rings. The van der Waals surface area contributed by atoms with Crippen LogP contribution in [0.1, 0.15) is 19.8 Å². The number of likely N-dealkylation sites (tertiary alicyclic amines) is 1. The maximum absolute atomic E-state index is 5.74. The van der Waals surface area contributed by atoms with Crippen LogP contribution < -0.4 is 0 Å². The first kappa shape index (κ1) is 10.5. The van der Waals surface area contributed by atoms with Crippen LogP contribution in [0, 0.1) is 0 Å². The number of halogens is 2. The van der Waals surface area contributed by atoms with Gasteiger partial charge in [-0.3, -0.25) is 4.90 Å². The van der Waals surface area contributed by atoms with Gasteiger partial charge in [-0.25, -0.2) is 0 Å². The number of hydrogen-bond donors (Lipinski definition) is 0. The highest BCUT2D eigenvalue weighted by molar-refractivity contribution is 6.18. The highest BCUT2D eigenvalue weighted by Crippen LogP contribution is 2.16. The molecule has 1 aliphatic heterocycles. The van der Waals surface area contributed by atoms with Crippen LogP contribution in [0.15, 0.2) is 0 Å². The molecule has 1 unspecified atom stereocenters. The molecular weight excluding hydrogens is 169 g/mol. The molecule has 0 radical (unpaired) electrons. The van der Waals surface area contributed by atoms with Crippen molar-refractivity contribution in [1.29, 1.82) is 0 Å². The molecule has 0 bridgehead atoms. The van der Waals surface area contributed by atoms with Crippen molar-refractivity contribution in [1.82, 2.24) is 4.90 Å². The SMILES string of the molecule is CCN1CCCC1CCl.Cl. The lowest BCUT2D eigenvalue weighted by Crippen LogP contribution is -2.30.